The molecule has 3 rings (SSSR count). The van der Waals surface area contributed by atoms with E-state index in [4.69, 9.17) is 17.3 Å². The standard InChI is InChI=1S/C20H15ClN4O2/c21-16-6-2-3-7-17(16)24-20(27)13(10-22)9-14-11-25(12-19(23)26)18-8-4-1-5-15(14)18/h1-9,11H,12H2,(H2,23,26)(H,24,27). The van der Waals surface area contributed by atoms with E-state index in [0.29, 0.717) is 16.3 Å². The van der Waals surface area contributed by atoms with E-state index in [1.54, 1.807) is 35.0 Å². The number of anilines is 1. The van der Waals surface area contributed by atoms with Crippen LogP contribution in [0, 0.1) is 11.3 Å². The Morgan fingerprint density at radius 3 is 2.59 bits per heavy atom. The number of aromatic nitrogens is 1. The summed E-state index contributed by atoms with van der Waals surface area (Å²) in [5, 5.41) is 13.2. The number of hydrogen-bond donors (Lipinski definition) is 2. The van der Waals surface area contributed by atoms with Gasteiger partial charge in [0, 0.05) is 22.7 Å². The number of primary amides is 1. The van der Waals surface area contributed by atoms with Crippen LogP contribution in [0.25, 0.3) is 17.0 Å². The van der Waals surface area contributed by atoms with E-state index in [2.05, 4.69) is 5.32 Å². The highest BCUT2D eigenvalue weighted by molar-refractivity contribution is 6.34. The number of fused-ring (bicyclic) bond motifs is 1. The summed E-state index contributed by atoms with van der Waals surface area (Å²) in [7, 11) is 0. The van der Waals surface area contributed by atoms with Crippen LogP contribution in [0.1, 0.15) is 5.56 Å². The Hall–Kier alpha value is -3.56. The SMILES string of the molecule is N#CC(=Cc1cn(CC(N)=O)c2ccccc12)C(=O)Nc1ccccc1Cl. The zero-order chi connectivity index (χ0) is 19.4. The topological polar surface area (TPSA) is 101 Å². The molecule has 6 nitrogen and oxygen atoms in total. The first kappa shape index (κ1) is 18.2. The van der Waals surface area contributed by atoms with Crippen LogP contribution in [-0.4, -0.2) is 16.4 Å². The number of carbonyl (C=O) groups excluding carboxylic acids is 2. The number of hydrogen-bond acceptors (Lipinski definition) is 3. The van der Waals surface area contributed by atoms with Crippen molar-refractivity contribution in [1.29, 1.82) is 5.26 Å². The Labute approximate surface area is 160 Å². The summed E-state index contributed by atoms with van der Waals surface area (Å²) in [5.74, 6) is -1.06. The van der Waals surface area contributed by atoms with E-state index < -0.39 is 11.8 Å². The molecule has 0 radical (unpaired) electrons. The fourth-order valence-corrected chi connectivity index (χ4v) is 2.93. The molecular weight excluding hydrogens is 364 g/mol. The lowest BCUT2D eigenvalue weighted by Crippen LogP contribution is -2.17. The summed E-state index contributed by atoms with van der Waals surface area (Å²) in [5.41, 5.74) is 7.05. The minimum Gasteiger partial charge on any atom is -0.368 e. The Bertz CT molecular complexity index is 1110. The first-order valence-corrected chi connectivity index (χ1v) is 8.41. The lowest BCUT2D eigenvalue weighted by atomic mass is 10.1. The highest BCUT2D eigenvalue weighted by Crippen LogP contribution is 2.25. The van der Waals surface area contributed by atoms with Gasteiger partial charge in [-0.15, -0.1) is 0 Å². The molecule has 7 heteroatoms. The number of nitrogens with zero attached hydrogens (tertiary/aromatic N) is 2. The number of rotatable bonds is 5. The molecule has 0 saturated heterocycles. The molecule has 1 heterocycles. The number of benzene rings is 2. The molecule has 0 bridgehead atoms. The van der Waals surface area contributed by atoms with Crippen molar-refractivity contribution in [2.24, 2.45) is 5.73 Å². The lowest BCUT2D eigenvalue weighted by molar-refractivity contribution is -0.118. The number of amides is 2. The summed E-state index contributed by atoms with van der Waals surface area (Å²) >= 11 is 6.04. The van der Waals surface area contributed by atoms with Crippen molar-refractivity contribution in [2.45, 2.75) is 6.54 Å². The highest BCUT2D eigenvalue weighted by atomic mass is 35.5. The fourth-order valence-electron chi connectivity index (χ4n) is 2.75. The maximum absolute atomic E-state index is 12.5. The minimum absolute atomic E-state index is 0.00204. The van der Waals surface area contributed by atoms with Crippen LogP contribution in [0.2, 0.25) is 5.02 Å². The van der Waals surface area contributed by atoms with Gasteiger partial charge in [0.15, 0.2) is 0 Å². The van der Waals surface area contributed by atoms with Crippen LogP contribution in [0.15, 0.2) is 60.3 Å². The second-order valence-electron chi connectivity index (χ2n) is 5.80. The van der Waals surface area contributed by atoms with E-state index in [1.807, 2.05) is 30.3 Å². The summed E-state index contributed by atoms with van der Waals surface area (Å²) in [6.45, 7) is 0.00204. The van der Waals surface area contributed by atoms with Gasteiger partial charge in [0.25, 0.3) is 5.91 Å². The normalized spacial score (nSPS) is 11.2. The number of halogens is 1. The smallest absolute Gasteiger partial charge is 0.266 e. The van der Waals surface area contributed by atoms with Crippen molar-refractivity contribution in [3.63, 3.8) is 0 Å². The van der Waals surface area contributed by atoms with Crippen LogP contribution < -0.4 is 11.1 Å². The molecule has 0 fully saturated rings. The quantitative estimate of drug-likeness (QED) is 0.526. The monoisotopic (exact) mass is 378 g/mol. The van der Waals surface area contributed by atoms with Gasteiger partial charge in [-0.1, -0.05) is 41.9 Å². The van der Waals surface area contributed by atoms with Crippen LogP contribution >= 0.6 is 11.6 Å². The average Bonchev–Trinajstić information content (AvgIpc) is 2.98. The van der Waals surface area contributed by atoms with Crippen molar-refractivity contribution in [2.75, 3.05) is 5.32 Å². The zero-order valence-electron chi connectivity index (χ0n) is 14.1. The molecule has 0 unspecified atom stereocenters. The van der Waals surface area contributed by atoms with Crippen molar-refractivity contribution in [1.82, 2.24) is 4.57 Å². The van der Waals surface area contributed by atoms with Gasteiger partial charge in [-0.05, 0) is 24.3 Å². The molecule has 2 amide bonds. The van der Waals surface area contributed by atoms with Gasteiger partial charge in [-0.2, -0.15) is 5.26 Å². The largest absolute Gasteiger partial charge is 0.368 e. The number of para-hydroxylation sites is 2. The van der Waals surface area contributed by atoms with Crippen molar-refractivity contribution < 1.29 is 9.59 Å². The third-order valence-electron chi connectivity index (χ3n) is 3.93. The zero-order valence-corrected chi connectivity index (χ0v) is 14.9. The maximum atomic E-state index is 12.5. The first-order chi connectivity index (χ1) is 13.0. The third-order valence-corrected chi connectivity index (χ3v) is 4.26. The molecule has 0 aliphatic carbocycles. The lowest BCUT2D eigenvalue weighted by Gasteiger charge is -2.05. The summed E-state index contributed by atoms with van der Waals surface area (Å²) in [6, 6.07) is 16.0. The van der Waals surface area contributed by atoms with Crippen LogP contribution in [-0.2, 0) is 16.1 Å². The second-order valence-corrected chi connectivity index (χ2v) is 6.21. The molecule has 0 atom stereocenters. The molecular formula is C20H15ClN4O2. The van der Waals surface area contributed by atoms with E-state index in [-0.39, 0.29) is 12.1 Å². The molecule has 134 valence electrons. The molecule has 1 aromatic heterocycles. The molecule has 0 saturated carbocycles. The van der Waals surface area contributed by atoms with Gasteiger partial charge in [0.05, 0.1) is 10.7 Å². The van der Waals surface area contributed by atoms with Gasteiger partial charge in [-0.25, -0.2) is 0 Å². The Morgan fingerprint density at radius 2 is 1.89 bits per heavy atom. The molecule has 3 N–H and O–H groups in total. The maximum Gasteiger partial charge on any atom is 0.266 e. The van der Waals surface area contributed by atoms with Gasteiger partial charge in [0.2, 0.25) is 5.91 Å². The highest BCUT2D eigenvalue weighted by Gasteiger charge is 2.14. The van der Waals surface area contributed by atoms with Crippen molar-refractivity contribution in [3.05, 3.63) is 70.9 Å². The van der Waals surface area contributed by atoms with Crippen LogP contribution in [0.4, 0.5) is 5.69 Å². The molecule has 27 heavy (non-hydrogen) atoms. The first-order valence-electron chi connectivity index (χ1n) is 8.03. The number of nitrogens with two attached hydrogens (primary N) is 1. The number of nitriles is 1. The Morgan fingerprint density at radius 1 is 1.19 bits per heavy atom. The van der Waals surface area contributed by atoms with Crippen molar-refractivity contribution in [3.8, 4) is 6.07 Å². The van der Waals surface area contributed by atoms with Crippen molar-refractivity contribution >= 4 is 46.1 Å². The Kier molecular flexibility index (Phi) is 5.25. The van der Waals surface area contributed by atoms with Crippen LogP contribution in [0.5, 0.6) is 0 Å². The van der Waals surface area contributed by atoms with Gasteiger partial charge in [-0.3, -0.25) is 9.59 Å². The number of nitrogens with one attached hydrogen (secondary N) is 1. The summed E-state index contributed by atoms with van der Waals surface area (Å²) in [4.78, 5) is 23.8. The van der Waals surface area contributed by atoms with E-state index in [1.165, 1.54) is 6.08 Å². The van der Waals surface area contributed by atoms with E-state index in [9.17, 15) is 14.9 Å². The predicted octanol–water partition coefficient (Wildman–Crippen LogP) is 3.33. The molecule has 3 aromatic rings. The molecule has 0 aliphatic heterocycles. The van der Waals surface area contributed by atoms with Gasteiger partial charge in [0.1, 0.15) is 18.2 Å². The summed E-state index contributed by atoms with van der Waals surface area (Å²) in [6.07, 6.45) is 3.17. The summed E-state index contributed by atoms with van der Waals surface area (Å²) < 4.78 is 1.68. The van der Waals surface area contributed by atoms with Gasteiger partial charge < -0.3 is 15.6 Å². The average molecular weight is 379 g/mol. The minimum atomic E-state index is -0.572. The fraction of sp³-hybridized carbons (Fsp3) is 0.0500. The molecule has 0 spiro atoms. The predicted molar refractivity (Wildman–Crippen MR) is 105 cm³/mol. The Balaban J connectivity index is 1.98. The third kappa shape index (κ3) is 4.00. The van der Waals surface area contributed by atoms with E-state index >= 15 is 0 Å². The van der Waals surface area contributed by atoms with Gasteiger partial charge >= 0.3 is 0 Å². The van der Waals surface area contributed by atoms with E-state index in [0.717, 1.165) is 10.9 Å². The second kappa shape index (κ2) is 7.77. The number of carbonyl (C=O) groups is 2. The molecule has 2 aromatic carbocycles. The molecule has 0 aliphatic rings. The van der Waals surface area contributed by atoms with Crippen LogP contribution in [0.3, 0.4) is 0 Å².